The Labute approximate surface area is 93.9 Å². The molecular formula is C11H12N2O2S. The molecule has 4 N–H and O–H groups in total. The van der Waals surface area contributed by atoms with E-state index in [0.29, 0.717) is 11.3 Å². The van der Waals surface area contributed by atoms with Crippen LogP contribution in [0, 0.1) is 0 Å². The molecule has 4 nitrogen and oxygen atoms in total. The highest BCUT2D eigenvalue weighted by Crippen LogP contribution is 2.19. The van der Waals surface area contributed by atoms with Crippen molar-refractivity contribution < 1.29 is 8.42 Å². The molecule has 0 atom stereocenters. The van der Waals surface area contributed by atoms with Crippen LogP contribution in [0.3, 0.4) is 0 Å². The van der Waals surface area contributed by atoms with Gasteiger partial charge in [0.2, 0.25) is 10.0 Å². The minimum Gasteiger partial charge on any atom is -0.399 e. The Balaban J connectivity index is 2.49. The summed E-state index contributed by atoms with van der Waals surface area (Å²) in [6, 6.07) is 10.9. The molecule has 0 fully saturated rings. The minimum absolute atomic E-state index is 0.146. The van der Waals surface area contributed by atoms with Gasteiger partial charge in [-0.2, -0.15) is 0 Å². The maximum Gasteiger partial charge on any atom is 0.213 e. The standard InChI is InChI=1S/C11H12N2O2S/c12-11-4-3-9-5-8(7-16(13,14)15)1-2-10(9)6-11/h1-6H,7,12H2,(H2,13,14,15). The summed E-state index contributed by atoms with van der Waals surface area (Å²) in [4.78, 5) is 0. The molecule has 0 heterocycles. The first-order valence-electron chi connectivity index (χ1n) is 4.73. The number of rotatable bonds is 2. The molecule has 0 spiro atoms. The molecule has 2 rings (SSSR count). The highest BCUT2D eigenvalue weighted by molar-refractivity contribution is 7.88. The molecule has 0 aliphatic carbocycles. The van der Waals surface area contributed by atoms with Gasteiger partial charge in [0, 0.05) is 5.69 Å². The van der Waals surface area contributed by atoms with Crippen molar-refractivity contribution >= 4 is 26.5 Å². The number of sulfonamides is 1. The van der Waals surface area contributed by atoms with Crippen molar-refractivity contribution in [3.63, 3.8) is 0 Å². The van der Waals surface area contributed by atoms with Crippen LogP contribution >= 0.6 is 0 Å². The summed E-state index contributed by atoms with van der Waals surface area (Å²) < 4.78 is 21.9. The fourth-order valence-electron chi connectivity index (χ4n) is 1.64. The third-order valence-electron chi connectivity index (χ3n) is 2.30. The molecular weight excluding hydrogens is 224 g/mol. The van der Waals surface area contributed by atoms with E-state index in [1.165, 1.54) is 0 Å². The Morgan fingerprint density at radius 2 is 1.62 bits per heavy atom. The zero-order valence-electron chi connectivity index (χ0n) is 8.55. The van der Waals surface area contributed by atoms with Crippen LogP contribution in [0.25, 0.3) is 10.8 Å². The number of benzene rings is 2. The minimum atomic E-state index is -3.48. The third kappa shape index (κ3) is 2.50. The predicted octanol–water partition coefficient (Wildman–Crippen LogP) is 1.21. The zero-order chi connectivity index (χ0) is 11.8. The second kappa shape index (κ2) is 3.77. The fourth-order valence-corrected chi connectivity index (χ4v) is 2.28. The van der Waals surface area contributed by atoms with Gasteiger partial charge >= 0.3 is 0 Å². The van der Waals surface area contributed by atoms with Crippen LogP contribution in [0.4, 0.5) is 5.69 Å². The topological polar surface area (TPSA) is 86.2 Å². The molecule has 0 amide bonds. The van der Waals surface area contributed by atoms with Crippen molar-refractivity contribution in [1.82, 2.24) is 0 Å². The van der Waals surface area contributed by atoms with Crippen LogP contribution in [0.5, 0.6) is 0 Å². The van der Waals surface area contributed by atoms with Crippen LogP contribution < -0.4 is 10.9 Å². The van der Waals surface area contributed by atoms with Crippen LogP contribution in [-0.4, -0.2) is 8.42 Å². The predicted molar refractivity (Wildman–Crippen MR) is 65.2 cm³/mol. The van der Waals surface area contributed by atoms with Gasteiger partial charge in [0.1, 0.15) is 0 Å². The van der Waals surface area contributed by atoms with Crippen LogP contribution in [-0.2, 0) is 15.8 Å². The van der Waals surface area contributed by atoms with Gasteiger partial charge < -0.3 is 5.73 Å². The SMILES string of the molecule is Nc1ccc2cc(CS(N)(=O)=O)ccc2c1. The van der Waals surface area contributed by atoms with E-state index in [4.69, 9.17) is 10.9 Å². The normalized spacial score (nSPS) is 11.8. The molecule has 0 aliphatic rings. The first-order chi connectivity index (χ1) is 7.44. The summed E-state index contributed by atoms with van der Waals surface area (Å²) in [5.74, 6) is -0.146. The summed E-state index contributed by atoms with van der Waals surface area (Å²) in [7, 11) is -3.48. The van der Waals surface area contributed by atoms with Crippen molar-refractivity contribution in [1.29, 1.82) is 0 Å². The third-order valence-corrected chi connectivity index (χ3v) is 3.03. The lowest BCUT2D eigenvalue weighted by molar-refractivity contribution is 0.597. The zero-order valence-corrected chi connectivity index (χ0v) is 9.37. The Morgan fingerprint density at radius 3 is 2.31 bits per heavy atom. The van der Waals surface area contributed by atoms with E-state index in [2.05, 4.69) is 0 Å². The number of nitrogen functional groups attached to an aromatic ring is 1. The highest BCUT2D eigenvalue weighted by atomic mass is 32.2. The molecule has 2 aromatic carbocycles. The maximum absolute atomic E-state index is 10.9. The molecule has 0 aliphatic heterocycles. The van der Waals surface area contributed by atoms with E-state index in [9.17, 15) is 8.42 Å². The maximum atomic E-state index is 10.9. The van der Waals surface area contributed by atoms with Crippen molar-refractivity contribution in [3.8, 4) is 0 Å². The largest absolute Gasteiger partial charge is 0.399 e. The van der Waals surface area contributed by atoms with Crippen molar-refractivity contribution in [2.24, 2.45) is 5.14 Å². The number of hydrogen-bond acceptors (Lipinski definition) is 3. The molecule has 16 heavy (non-hydrogen) atoms. The average Bonchev–Trinajstić information content (AvgIpc) is 2.16. The average molecular weight is 236 g/mol. The molecule has 0 bridgehead atoms. The first kappa shape index (κ1) is 10.9. The Hall–Kier alpha value is -1.59. The smallest absolute Gasteiger partial charge is 0.213 e. The molecule has 0 unspecified atom stereocenters. The fraction of sp³-hybridized carbons (Fsp3) is 0.0909. The lowest BCUT2D eigenvalue weighted by Gasteiger charge is -2.03. The Bertz CT molecular complexity index is 635. The van der Waals surface area contributed by atoms with Crippen LogP contribution in [0.15, 0.2) is 36.4 Å². The van der Waals surface area contributed by atoms with Crippen molar-refractivity contribution in [3.05, 3.63) is 42.0 Å². The van der Waals surface area contributed by atoms with E-state index in [0.717, 1.165) is 10.8 Å². The van der Waals surface area contributed by atoms with E-state index < -0.39 is 10.0 Å². The Morgan fingerprint density at radius 1 is 1.00 bits per heavy atom. The van der Waals surface area contributed by atoms with Gasteiger partial charge in [-0.05, 0) is 28.5 Å². The van der Waals surface area contributed by atoms with Gasteiger partial charge in [0.25, 0.3) is 0 Å². The molecule has 5 heteroatoms. The lowest BCUT2D eigenvalue weighted by atomic mass is 10.1. The van der Waals surface area contributed by atoms with Crippen LogP contribution in [0.1, 0.15) is 5.56 Å². The second-order valence-corrected chi connectivity index (χ2v) is 5.36. The van der Waals surface area contributed by atoms with Gasteiger partial charge in [-0.25, -0.2) is 13.6 Å². The monoisotopic (exact) mass is 236 g/mol. The van der Waals surface area contributed by atoms with E-state index in [-0.39, 0.29) is 5.75 Å². The van der Waals surface area contributed by atoms with Crippen molar-refractivity contribution in [2.45, 2.75) is 5.75 Å². The second-order valence-electron chi connectivity index (χ2n) is 3.75. The summed E-state index contributed by atoms with van der Waals surface area (Å²) in [6.45, 7) is 0. The number of primary sulfonamides is 1. The van der Waals surface area contributed by atoms with E-state index in [1.807, 2.05) is 18.2 Å². The number of anilines is 1. The summed E-state index contributed by atoms with van der Waals surface area (Å²) in [5, 5.41) is 6.93. The molecule has 84 valence electrons. The first-order valence-corrected chi connectivity index (χ1v) is 6.44. The van der Waals surface area contributed by atoms with E-state index >= 15 is 0 Å². The molecule has 2 aromatic rings. The summed E-state index contributed by atoms with van der Waals surface area (Å²) in [6.07, 6.45) is 0. The van der Waals surface area contributed by atoms with Crippen molar-refractivity contribution in [2.75, 3.05) is 5.73 Å². The molecule has 0 saturated heterocycles. The summed E-state index contributed by atoms with van der Waals surface area (Å²) >= 11 is 0. The molecule has 0 radical (unpaired) electrons. The number of hydrogen-bond donors (Lipinski definition) is 2. The van der Waals surface area contributed by atoms with Gasteiger partial charge in [0.15, 0.2) is 0 Å². The van der Waals surface area contributed by atoms with Gasteiger partial charge in [-0.3, -0.25) is 0 Å². The lowest BCUT2D eigenvalue weighted by Crippen LogP contribution is -2.14. The van der Waals surface area contributed by atoms with Gasteiger partial charge in [-0.1, -0.05) is 24.3 Å². The van der Waals surface area contributed by atoms with Gasteiger partial charge in [-0.15, -0.1) is 0 Å². The number of fused-ring (bicyclic) bond motifs is 1. The van der Waals surface area contributed by atoms with Crippen LogP contribution in [0.2, 0.25) is 0 Å². The summed E-state index contributed by atoms with van der Waals surface area (Å²) in [5.41, 5.74) is 7.01. The number of nitrogens with two attached hydrogens (primary N) is 2. The quantitative estimate of drug-likeness (QED) is 0.768. The Kier molecular flexibility index (Phi) is 2.57. The molecule has 0 saturated carbocycles. The van der Waals surface area contributed by atoms with E-state index in [1.54, 1.807) is 18.2 Å². The molecule has 0 aromatic heterocycles. The highest BCUT2D eigenvalue weighted by Gasteiger charge is 2.05. The van der Waals surface area contributed by atoms with Gasteiger partial charge in [0.05, 0.1) is 5.75 Å².